The van der Waals surface area contributed by atoms with Gasteiger partial charge in [-0.05, 0) is 30.3 Å². The number of carbonyl (C=O) groups is 1. The van der Waals surface area contributed by atoms with Gasteiger partial charge in [0.25, 0.3) is 0 Å². The third-order valence-corrected chi connectivity index (χ3v) is 7.15. The van der Waals surface area contributed by atoms with Crippen LogP contribution in [0.4, 0.5) is 13.2 Å². The van der Waals surface area contributed by atoms with E-state index in [0.29, 0.717) is 23.4 Å². The predicted octanol–water partition coefficient (Wildman–Crippen LogP) is 2.21. The molecule has 4 atom stereocenters. The van der Waals surface area contributed by atoms with E-state index < -0.39 is 51.9 Å². The summed E-state index contributed by atoms with van der Waals surface area (Å²) < 4.78 is 82.4. The third kappa shape index (κ3) is 4.50. The van der Waals surface area contributed by atoms with Crippen LogP contribution in [0.2, 0.25) is 0 Å². The molecule has 1 aliphatic heterocycles. The maximum atomic E-state index is 12.9. The first-order valence-corrected chi connectivity index (χ1v) is 11.4. The molecular weight excluding hydrogens is 467 g/mol. The molecule has 4 rings (SSSR count). The maximum Gasteiger partial charge on any atom is 0.416 e. The number of sulfonamides is 1. The third-order valence-electron chi connectivity index (χ3n) is 5.67. The summed E-state index contributed by atoms with van der Waals surface area (Å²) in [6.45, 7) is -0.349. The molecule has 1 heterocycles. The van der Waals surface area contributed by atoms with Gasteiger partial charge in [0.1, 0.15) is 6.10 Å². The highest BCUT2D eigenvalue weighted by atomic mass is 32.2. The standard InChI is InChI=1S/C21H20F3NO7S/c1-30-17(27)10-31-15-4-2-3-13-18-16(32-20(13)15)9-14(26)19(18)25-33(28,29)12-7-5-11(6-8-12)21(22,23)24/h2-8,14,16,18-19,25-26H,9-10H2,1H3. The first-order chi connectivity index (χ1) is 15.5. The smallest absolute Gasteiger partial charge is 0.416 e. The van der Waals surface area contributed by atoms with Crippen LogP contribution in [0.25, 0.3) is 0 Å². The molecule has 1 saturated carbocycles. The highest BCUT2D eigenvalue weighted by Gasteiger charge is 2.51. The van der Waals surface area contributed by atoms with Crippen molar-refractivity contribution in [3.63, 3.8) is 0 Å². The molecule has 2 aliphatic rings. The number of hydrogen-bond acceptors (Lipinski definition) is 7. The molecule has 0 aromatic heterocycles. The molecule has 2 aromatic carbocycles. The van der Waals surface area contributed by atoms with E-state index in [4.69, 9.17) is 9.47 Å². The zero-order valence-electron chi connectivity index (χ0n) is 17.2. The average Bonchev–Trinajstić information content (AvgIpc) is 3.27. The molecule has 33 heavy (non-hydrogen) atoms. The van der Waals surface area contributed by atoms with Crippen molar-refractivity contribution in [2.75, 3.05) is 13.7 Å². The molecule has 1 fully saturated rings. The van der Waals surface area contributed by atoms with Crippen LogP contribution in [0.3, 0.4) is 0 Å². The van der Waals surface area contributed by atoms with Crippen molar-refractivity contribution in [1.82, 2.24) is 4.72 Å². The lowest BCUT2D eigenvalue weighted by molar-refractivity contribution is -0.143. The molecular formula is C21H20F3NO7S. The van der Waals surface area contributed by atoms with Crippen molar-refractivity contribution in [1.29, 1.82) is 0 Å². The average molecular weight is 487 g/mol. The summed E-state index contributed by atoms with van der Waals surface area (Å²) in [5, 5.41) is 10.5. The Hall–Kier alpha value is -2.83. The highest BCUT2D eigenvalue weighted by Crippen LogP contribution is 2.51. The number of hydrogen-bond donors (Lipinski definition) is 2. The number of aliphatic hydroxyl groups is 1. The van der Waals surface area contributed by atoms with Gasteiger partial charge in [-0.15, -0.1) is 0 Å². The molecule has 0 saturated heterocycles. The van der Waals surface area contributed by atoms with Crippen LogP contribution in [0, 0.1) is 0 Å². The fourth-order valence-corrected chi connectivity index (χ4v) is 5.41. The molecule has 0 spiro atoms. The quantitative estimate of drug-likeness (QED) is 0.601. The highest BCUT2D eigenvalue weighted by molar-refractivity contribution is 7.89. The fourth-order valence-electron chi connectivity index (χ4n) is 4.12. The second-order valence-corrected chi connectivity index (χ2v) is 9.41. The molecule has 178 valence electrons. The Kier molecular flexibility index (Phi) is 6.01. The van der Waals surface area contributed by atoms with Gasteiger partial charge in [0, 0.05) is 17.9 Å². The van der Waals surface area contributed by atoms with Gasteiger partial charge < -0.3 is 19.3 Å². The predicted molar refractivity (Wildman–Crippen MR) is 107 cm³/mol. The van der Waals surface area contributed by atoms with E-state index in [0.717, 1.165) is 12.1 Å². The Morgan fingerprint density at radius 3 is 2.55 bits per heavy atom. The lowest BCUT2D eigenvalue weighted by Gasteiger charge is -2.22. The number of carbonyl (C=O) groups excluding carboxylic acids is 1. The van der Waals surface area contributed by atoms with Crippen LogP contribution in [-0.2, 0) is 25.7 Å². The van der Waals surface area contributed by atoms with E-state index in [9.17, 15) is 31.5 Å². The maximum absolute atomic E-state index is 12.9. The number of halogens is 3. The lowest BCUT2D eigenvalue weighted by Crippen LogP contribution is -2.43. The fraction of sp³-hybridized carbons (Fsp3) is 0.381. The number of esters is 1. The molecule has 0 amide bonds. The van der Waals surface area contributed by atoms with Crippen molar-refractivity contribution in [3.8, 4) is 11.5 Å². The Morgan fingerprint density at radius 1 is 1.21 bits per heavy atom. The van der Waals surface area contributed by atoms with Gasteiger partial charge in [0.15, 0.2) is 18.1 Å². The van der Waals surface area contributed by atoms with Crippen LogP contribution in [0.15, 0.2) is 47.4 Å². The van der Waals surface area contributed by atoms with Gasteiger partial charge >= 0.3 is 12.1 Å². The molecule has 8 nitrogen and oxygen atoms in total. The molecule has 0 radical (unpaired) electrons. The Balaban J connectivity index is 1.58. The van der Waals surface area contributed by atoms with Crippen LogP contribution in [0.5, 0.6) is 11.5 Å². The number of aliphatic hydroxyl groups excluding tert-OH is 1. The van der Waals surface area contributed by atoms with Crippen molar-refractivity contribution < 1.29 is 45.7 Å². The Morgan fingerprint density at radius 2 is 1.91 bits per heavy atom. The van der Waals surface area contributed by atoms with Gasteiger partial charge in [-0.3, -0.25) is 0 Å². The molecule has 12 heteroatoms. The number of alkyl halides is 3. The van der Waals surface area contributed by atoms with Gasteiger partial charge in [0.2, 0.25) is 10.0 Å². The summed E-state index contributed by atoms with van der Waals surface area (Å²) in [7, 11) is -3.02. The summed E-state index contributed by atoms with van der Waals surface area (Å²) in [6.07, 6.45) is -6.12. The second-order valence-electron chi connectivity index (χ2n) is 7.69. The van der Waals surface area contributed by atoms with Crippen LogP contribution in [-0.4, -0.2) is 51.5 Å². The van der Waals surface area contributed by atoms with Gasteiger partial charge in [-0.2, -0.15) is 13.2 Å². The normalized spacial score (nSPS) is 24.0. The minimum Gasteiger partial charge on any atom is -0.485 e. The number of rotatable bonds is 6. The van der Waals surface area contributed by atoms with E-state index in [-0.39, 0.29) is 23.7 Å². The first-order valence-electron chi connectivity index (χ1n) is 9.88. The van der Waals surface area contributed by atoms with Crippen LogP contribution >= 0.6 is 0 Å². The van der Waals surface area contributed by atoms with E-state index in [2.05, 4.69) is 9.46 Å². The molecule has 4 unspecified atom stereocenters. The van der Waals surface area contributed by atoms with Crippen molar-refractivity contribution in [3.05, 3.63) is 53.6 Å². The number of benzene rings is 2. The van der Waals surface area contributed by atoms with E-state index in [1.807, 2.05) is 0 Å². The first kappa shape index (κ1) is 23.3. The van der Waals surface area contributed by atoms with Gasteiger partial charge in [-0.1, -0.05) is 12.1 Å². The SMILES string of the molecule is COC(=O)COc1cccc2c1OC1CC(O)C(NS(=O)(=O)c3ccc(C(F)(F)F)cc3)C21. The molecule has 0 bridgehead atoms. The van der Waals surface area contributed by atoms with E-state index in [1.54, 1.807) is 18.2 Å². The van der Waals surface area contributed by atoms with Gasteiger partial charge in [0.05, 0.1) is 29.7 Å². The number of para-hydroxylation sites is 1. The Labute approximate surface area is 187 Å². The molecule has 2 aromatic rings. The van der Waals surface area contributed by atoms with Crippen molar-refractivity contribution in [2.24, 2.45) is 0 Å². The number of methoxy groups -OCH3 is 1. The number of ether oxygens (including phenoxy) is 3. The van der Waals surface area contributed by atoms with E-state index in [1.165, 1.54) is 7.11 Å². The summed E-state index contributed by atoms with van der Waals surface area (Å²) >= 11 is 0. The summed E-state index contributed by atoms with van der Waals surface area (Å²) in [5.74, 6) is -0.558. The lowest BCUT2D eigenvalue weighted by atomic mass is 9.94. The largest absolute Gasteiger partial charge is 0.485 e. The Bertz CT molecular complexity index is 1150. The summed E-state index contributed by atoms with van der Waals surface area (Å²) in [4.78, 5) is 11.0. The van der Waals surface area contributed by atoms with Crippen LogP contribution in [0.1, 0.15) is 23.5 Å². The van der Waals surface area contributed by atoms with Crippen molar-refractivity contribution in [2.45, 2.75) is 41.7 Å². The minimum absolute atomic E-state index is 0.121. The second kappa shape index (κ2) is 8.50. The summed E-state index contributed by atoms with van der Waals surface area (Å²) in [5.41, 5.74) is -0.390. The van der Waals surface area contributed by atoms with E-state index >= 15 is 0 Å². The topological polar surface area (TPSA) is 111 Å². The number of fused-ring (bicyclic) bond motifs is 3. The molecule has 2 N–H and O–H groups in total. The minimum atomic E-state index is -4.59. The summed E-state index contributed by atoms with van der Waals surface area (Å²) in [6, 6.07) is 7.03. The monoisotopic (exact) mass is 487 g/mol. The van der Waals surface area contributed by atoms with Gasteiger partial charge in [-0.25, -0.2) is 17.9 Å². The molecule has 1 aliphatic carbocycles. The van der Waals surface area contributed by atoms with Crippen molar-refractivity contribution >= 4 is 16.0 Å². The van der Waals surface area contributed by atoms with Crippen LogP contribution < -0.4 is 14.2 Å². The number of nitrogens with one attached hydrogen (secondary N) is 1. The zero-order valence-corrected chi connectivity index (χ0v) is 18.0. The zero-order chi connectivity index (χ0) is 24.0.